The van der Waals surface area contributed by atoms with Gasteiger partial charge in [0.1, 0.15) is 0 Å². The van der Waals surface area contributed by atoms with Crippen LogP contribution in [0, 0.1) is 20.8 Å². The van der Waals surface area contributed by atoms with E-state index in [0.717, 1.165) is 22.3 Å². The summed E-state index contributed by atoms with van der Waals surface area (Å²) in [5, 5.41) is 0. The highest BCUT2D eigenvalue weighted by Crippen LogP contribution is 2.22. The summed E-state index contributed by atoms with van der Waals surface area (Å²) >= 11 is 0. The molecule has 0 radical (unpaired) electrons. The van der Waals surface area contributed by atoms with Crippen molar-refractivity contribution >= 4 is 10.0 Å². The van der Waals surface area contributed by atoms with E-state index in [0.29, 0.717) is 4.90 Å². The minimum atomic E-state index is -3.53. The molecular formula is C17H21NO2S. The van der Waals surface area contributed by atoms with Crippen LogP contribution >= 0.6 is 0 Å². The fraction of sp³-hybridized carbons (Fsp3) is 0.294. The Kier molecular flexibility index (Phi) is 4.49. The van der Waals surface area contributed by atoms with Gasteiger partial charge in [-0.2, -0.15) is 0 Å². The first kappa shape index (κ1) is 15.7. The van der Waals surface area contributed by atoms with E-state index in [1.54, 1.807) is 6.07 Å². The first-order valence-electron chi connectivity index (χ1n) is 6.96. The van der Waals surface area contributed by atoms with Crippen molar-refractivity contribution in [1.29, 1.82) is 0 Å². The SMILES string of the molecule is Cc1ccc(C)c(S(=O)(=O)NC(C)c2ccccc2C)c1. The van der Waals surface area contributed by atoms with Crippen LogP contribution in [0.25, 0.3) is 0 Å². The van der Waals surface area contributed by atoms with Crippen LogP contribution in [0.4, 0.5) is 0 Å². The topological polar surface area (TPSA) is 46.2 Å². The molecule has 1 N–H and O–H groups in total. The maximum Gasteiger partial charge on any atom is 0.241 e. The van der Waals surface area contributed by atoms with Gasteiger partial charge in [-0.05, 0) is 56.0 Å². The molecule has 0 aromatic heterocycles. The number of benzene rings is 2. The number of hydrogen-bond donors (Lipinski definition) is 1. The third-order valence-electron chi connectivity index (χ3n) is 3.62. The summed E-state index contributed by atoms with van der Waals surface area (Å²) in [5.74, 6) is 0. The van der Waals surface area contributed by atoms with Crippen LogP contribution in [-0.2, 0) is 10.0 Å². The molecule has 1 atom stereocenters. The summed E-state index contributed by atoms with van der Waals surface area (Å²) in [7, 11) is -3.53. The third kappa shape index (κ3) is 3.52. The van der Waals surface area contributed by atoms with Gasteiger partial charge in [-0.15, -0.1) is 0 Å². The third-order valence-corrected chi connectivity index (χ3v) is 5.30. The van der Waals surface area contributed by atoms with Gasteiger partial charge < -0.3 is 0 Å². The summed E-state index contributed by atoms with van der Waals surface area (Å²) in [6.45, 7) is 7.55. The van der Waals surface area contributed by atoms with E-state index < -0.39 is 10.0 Å². The highest BCUT2D eigenvalue weighted by Gasteiger charge is 2.21. The van der Waals surface area contributed by atoms with Crippen LogP contribution in [0.5, 0.6) is 0 Å². The molecule has 2 rings (SSSR count). The molecule has 0 aliphatic heterocycles. The lowest BCUT2D eigenvalue weighted by atomic mass is 10.0. The fourth-order valence-electron chi connectivity index (χ4n) is 2.43. The smallest absolute Gasteiger partial charge is 0.207 e. The number of hydrogen-bond acceptors (Lipinski definition) is 2. The second-order valence-electron chi connectivity index (χ2n) is 5.47. The fourth-order valence-corrected chi connectivity index (χ4v) is 3.98. The first-order chi connectivity index (χ1) is 9.81. The summed E-state index contributed by atoms with van der Waals surface area (Å²) < 4.78 is 27.9. The van der Waals surface area contributed by atoms with Crippen molar-refractivity contribution in [3.05, 3.63) is 64.7 Å². The normalized spacial score (nSPS) is 13.1. The van der Waals surface area contributed by atoms with Crippen molar-refractivity contribution in [3.63, 3.8) is 0 Å². The van der Waals surface area contributed by atoms with Crippen molar-refractivity contribution in [2.45, 2.75) is 38.6 Å². The van der Waals surface area contributed by atoms with Crippen LogP contribution in [0.15, 0.2) is 47.4 Å². The molecule has 0 spiro atoms. The molecule has 0 heterocycles. The summed E-state index contributed by atoms with van der Waals surface area (Å²) in [5.41, 5.74) is 3.76. The largest absolute Gasteiger partial charge is 0.241 e. The van der Waals surface area contributed by atoms with Crippen molar-refractivity contribution in [1.82, 2.24) is 4.72 Å². The van der Waals surface area contributed by atoms with E-state index >= 15 is 0 Å². The van der Waals surface area contributed by atoms with E-state index in [1.165, 1.54) is 0 Å². The van der Waals surface area contributed by atoms with Crippen LogP contribution in [0.3, 0.4) is 0 Å². The Balaban J connectivity index is 2.34. The molecular weight excluding hydrogens is 282 g/mol. The van der Waals surface area contributed by atoms with Crippen molar-refractivity contribution in [2.75, 3.05) is 0 Å². The standard InChI is InChI=1S/C17H21NO2S/c1-12-9-10-14(3)17(11-12)21(19,20)18-15(4)16-8-6-5-7-13(16)2/h5-11,15,18H,1-4H3. The Morgan fingerprint density at radius 3 is 2.29 bits per heavy atom. The molecule has 3 nitrogen and oxygen atoms in total. The molecule has 0 saturated carbocycles. The van der Waals surface area contributed by atoms with E-state index in [4.69, 9.17) is 0 Å². The van der Waals surface area contributed by atoms with Gasteiger partial charge in [0.05, 0.1) is 4.90 Å². The van der Waals surface area contributed by atoms with Crippen LogP contribution in [0.2, 0.25) is 0 Å². The van der Waals surface area contributed by atoms with E-state index in [-0.39, 0.29) is 6.04 Å². The molecule has 2 aromatic rings. The number of nitrogens with one attached hydrogen (secondary N) is 1. The Morgan fingerprint density at radius 2 is 1.62 bits per heavy atom. The average Bonchev–Trinajstić information content (AvgIpc) is 2.41. The predicted molar refractivity (Wildman–Crippen MR) is 85.8 cm³/mol. The molecule has 0 aliphatic carbocycles. The number of rotatable bonds is 4. The van der Waals surface area contributed by atoms with Gasteiger partial charge in [-0.25, -0.2) is 13.1 Å². The second kappa shape index (κ2) is 6.00. The van der Waals surface area contributed by atoms with Crippen molar-refractivity contribution in [3.8, 4) is 0 Å². The Bertz CT molecular complexity index is 751. The zero-order chi connectivity index (χ0) is 15.6. The van der Waals surface area contributed by atoms with Crippen LogP contribution in [-0.4, -0.2) is 8.42 Å². The van der Waals surface area contributed by atoms with Gasteiger partial charge in [0.2, 0.25) is 10.0 Å². The molecule has 0 amide bonds. The maximum absolute atomic E-state index is 12.6. The van der Waals surface area contributed by atoms with Gasteiger partial charge >= 0.3 is 0 Å². The predicted octanol–water partition coefficient (Wildman–Crippen LogP) is 3.65. The van der Waals surface area contributed by atoms with Gasteiger partial charge in [0.25, 0.3) is 0 Å². The molecule has 21 heavy (non-hydrogen) atoms. The quantitative estimate of drug-likeness (QED) is 0.937. The molecule has 2 aromatic carbocycles. The molecule has 4 heteroatoms. The summed E-state index contributed by atoms with van der Waals surface area (Å²) in [6.07, 6.45) is 0. The maximum atomic E-state index is 12.6. The first-order valence-corrected chi connectivity index (χ1v) is 8.44. The second-order valence-corrected chi connectivity index (χ2v) is 7.15. The minimum absolute atomic E-state index is 0.267. The zero-order valence-electron chi connectivity index (χ0n) is 12.8. The average molecular weight is 303 g/mol. The Labute approximate surface area is 127 Å². The van der Waals surface area contributed by atoms with Gasteiger partial charge in [-0.3, -0.25) is 0 Å². The van der Waals surface area contributed by atoms with Crippen LogP contribution in [0.1, 0.15) is 35.2 Å². The van der Waals surface area contributed by atoms with Crippen molar-refractivity contribution in [2.24, 2.45) is 0 Å². The molecule has 0 saturated heterocycles. The number of aryl methyl sites for hydroxylation is 3. The molecule has 112 valence electrons. The summed E-state index contributed by atoms with van der Waals surface area (Å²) in [4.78, 5) is 0.350. The van der Waals surface area contributed by atoms with Gasteiger partial charge in [0, 0.05) is 6.04 Å². The highest BCUT2D eigenvalue weighted by atomic mass is 32.2. The van der Waals surface area contributed by atoms with Crippen molar-refractivity contribution < 1.29 is 8.42 Å². The zero-order valence-corrected chi connectivity index (χ0v) is 13.7. The van der Waals surface area contributed by atoms with E-state index in [1.807, 2.05) is 64.1 Å². The minimum Gasteiger partial charge on any atom is -0.207 e. The molecule has 1 unspecified atom stereocenters. The van der Waals surface area contributed by atoms with Gasteiger partial charge in [0.15, 0.2) is 0 Å². The highest BCUT2D eigenvalue weighted by molar-refractivity contribution is 7.89. The monoisotopic (exact) mass is 303 g/mol. The molecule has 0 bridgehead atoms. The Morgan fingerprint density at radius 1 is 0.952 bits per heavy atom. The lowest BCUT2D eigenvalue weighted by Crippen LogP contribution is -2.28. The van der Waals surface area contributed by atoms with Gasteiger partial charge in [-0.1, -0.05) is 36.4 Å². The lowest BCUT2D eigenvalue weighted by Gasteiger charge is -2.18. The Hall–Kier alpha value is -1.65. The molecule has 0 aliphatic rings. The van der Waals surface area contributed by atoms with E-state index in [9.17, 15) is 8.42 Å². The van der Waals surface area contributed by atoms with Crippen LogP contribution < -0.4 is 4.72 Å². The lowest BCUT2D eigenvalue weighted by molar-refractivity contribution is 0.566. The summed E-state index contributed by atoms with van der Waals surface area (Å²) in [6, 6.07) is 13.0. The van der Waals surface area contributed by atoms with E-state index in [2.05, 4.69) is 4.72 Å². The number of sulfonamides is 1. The molecule has 0 fully saturated rings.